The van der Waals surface area contributed by atoms with Crippen molar-refractivity contribution in [3.63, 3.8) is 0 Å². The Labute approximate surface area is 134 Å². The normalized spacial score (nSPS) is 10.5. The quantitative estimate of drug-likeness (QED) is 0.696. The Morgan fingerprint density at radius 2 is 1.77 bits per heavy atom. The molecule has 0 amide bonds. The minimum atomic E-state index is 0.787. The Morgan fingerprint density at radius 1 is 1.05 bits per heavy atom. The molecule has 0 atom stereocenters. The van der Waals surface area contributed by atoms with Gasteiger partial charge in [0.05, 0.1) is 24.9 Å². The number of hydrogen-bond donors (Lipinski definition) is 0. The van der Waals surface area contributed by atoms with Gasteiger partial charge in [-0.1, -0.05) is 30.3 Å². The van der Waals surface area contributed by atoms with E-state index in [-0.39, 0.29) is 0 Å². The van der Waals surface area contributed by atoms with E-state index in [0.29, 0.717) is 0 Å². The van der Waals surface area contributed by atoms with E-state index in [1.54, 1.807) is 18.4 Å². The van der Waals surface area contributed by atoms with E-state index in [9.17, 15) is 0 Å². The molecule has 3 rings (SSSR count). The molecule has 0 spiro atoms. The second kappa shape index (κ2) is 6.62. The monoisotopic (exact) mass is 310 g/mol. The Bertz CT molecular complexity index is 740. The average molecular weight is 310 g/mol. The molecule has 4 heteroatoms. The lowest BCUT2D eigenvalue weighted by atomic mass is 10.2. The lowest BCUT2D eigenvalue weighted by Crippen LogP contribution is -2.16. The molecule has 0 aliphatic rings. The Morgan fingerprint density at radius 3 is 2.55 bits per heavy atom. The van der Waals surface area contributed by atoms with Crippen molar-refractivity contribution < 1.29 is 4.74 Å². The van der Waals surface area contributed by atoms with E-state index in [2.05, 4.69) is 29.5 Å². The summed E-state index contributed by atoms with van der Waals surface area (Å²) in [6.45, 7) is 0.787. The molecule has 0 unspecified atom stereocenters. The summed E-state index contributed by atoms with van der Waals surface area (Å²) in [5.41, 5.74) is 3.30. The molecule has 0 radical (unpaired) electrons. The van der Waals surface area contributed by atoms with Crippen molar-refractivity contribution in [3.8, 4) is 16.3 Å². The highest BCUT2D eigenvalue weighted by Crippen LogP contribution is 2.32. The van der Waals surface area contributed by atoms with Crippen molar-refractivity contribution in [2.24, 2.45) is 0 Å². The van der Waals surface area contributed by atoms with Crippen LogP contribution in [0.3, 0.4) is 0 Å². The lowest BCUT2D eigenvalue weighted by molar-refractivity contribution is 0.416. The van der Waals surface area contributed by atoms with Crippen LogP contribution in [0.1, 0.15) is 5.69 Å². The van der Waals surface area contributed by atoms with Crippen molar-refractivity contribution >= 4 is 17.0 Å². The van der Waals surface area contributed by atoms with Crippen molar-refractivity contribution in [3.05, 3.63) is 65.7 Å². The molecule has 3 nitrogen and oxygen atoms in total. The van der Waals surface area contributed by atoms with Crippen LogP contribution < -0.4 is 9.64 Å². The Hall–Kier alpha value is -2.33. The van der Waals surface area contributed by atoms with Crippen LogP contribution in [0.5, 0.6) is 5.75 Å². The van der Waals surface area contributed by atoms with Gasteiger partial charge in [0.1, 0.15) is 10.8 Å². The van der Waals surface area contributed by atoms with Gasteiger partial charge in [-0.3, -0.25) is 0 Å². The predicted octanol–water partition coefficient (Wildman–Crippen LogP) is 4.46. The van der Waals surface area contributed by atoms with Gasteiger partial charge >= 0.3 is 0 Å². The molecule has 2 aromatic carbocycles. The molecule has 1 aromatic heterocycles. The summed E-state index contributed by atoms with van der Waals surface area (Å²) in [6.07, 6.45) is 0. The van der Waals surface area contributed by atoms with E-state index < -0.39 is 0 Å². The van der Waals surface area contributed by atoms with Crippen LogP contribution >= 0.6 is 11.3 Å². The summed E-state index contributed by atoms with van der Waals surface area (Å²) in [5, 5.41) is 3.11. The molecule has 112 valence electrons. The lowest BCUT2D eigenvalue weighted by Gasteiger charge is -2.17. The van der Waals surface area contributed by atoms with Gasteiger partial charge < -0.3 is 9.64 Å². The average Bonchev–Trinajstić information content (AvgIpc) is 3.04. The molecular formula is C18H18N2OS. The maximum atomic E-state index is 5.42. The highest BCUT2D eigenvalue weighted by Gasteiger charge is 2.11. The van der Waals surface area contributed by atoms with E-state index in [1.165, 1.54) is 5.69 Å². The number of nitrogens with zero attached hydrogens (tertiary/aromatic N) is 2. The number of aromatic nitrogens is 1. The first-order valence-electron chi connectivity index (χ1n) is 7.12. The summed E-state index contributed by atoms with van der Waals surface area (Å²) in [6, 6.07) is 18.3. The smallest absolute Gasteiger partial charge is 0.129 e. The first-order chi connectivity index (χ1) is 10.8. The number of ether oxygens (including phenoxy) is 1. The van der Waals surface area contributed by atoms with Crippen molar-refractivity contribution in [1.82, 2.24) is 4.98 Å². The van der Waals surface area contributed by atoms with E-state index >= 15 is 0 Å². The Balaban J connectivity index is 1.79. The van der Waals surface area contributed by atoms with Crippen LogP contribution in [0.2, 0.25) is 0 Å². The summed E-state index contributed by atoms with van der Waals surface area (Å²) in [4.78, 5) is 6.95. The molecule has 0 saturated heterocycles. The molecule has 22 heavy (non-hydrogen) atoms. The number of benzene rings is 2. The number of anilines is 1. The Kier molecular flexibility index (Phi) is 4.39. The predicted molar refractivity (Wildman–Crippen MR) is 92.7 cm³/mol. The first kappa shape index (κ1) is 14.6. The van der Waals surface area contributed by atoms with Gasteiger partial charge in [0.2, 0.25) is 0 Å². The SMILES string of the molecule is COc1ccccc1-c1nc(CN(C)c2ccccc2)cs1. The minimum Gasteiger partial charge on any atom is -0.496 e. The van der Waals surface area contributed by atoms with E-state index in [0.717, 1.165) is 28.6 Å². The van der Waals surface area contributed by atoms with Gasteiger partial charge in [-0.15, -0.1) is 11.3 Å². The largest absolute Gasteiger partial charge is 0.496 e. The van der Waals surface area contributed by atoms with Crippen molar-refractivity contribution in [2.45, 2.75) is 6.54 Å². The van der Waals surface area contributed by atoms with Gasteiger partial charge in [0, 0.05) is 18.1 Å². The molecule has 0 bridgehead atoms. The minimum absolute atomic E-state index is 0.787. The molecule has 0 aliphatic heterocycles. The van der Waals surface area contributed by atoms with Crippen LogP contribution in [0.15, 0.2) is 60.0 Å². The van der Waals surface area contributed by atoms with Crippen LogP contribution in [-0.2, 0) is 6.54 Å². The first-order valence-corrected chi connectivity index (χ1v) is 8.00. The van der Waals surface area contributed by atoms with E-state index in [4.69, 9.17) is 9.72 Å². The molecule has 0 saturated carbocycles. The highest BCUT2D eigenvalue weighted by molar-refractivity contribution is 7.13. The summed E-state index contributed by atoms with van der Waals surface area (Å²) < 4.78 is 5.42. The molecule has 1 heterocycles. The zero-order chi connectivity index (χ0) is 15.4. The number of methoxy groups -OCH3 is 1. The number of para-hydroxylation sites is 2. The van der Waals surface area contributed by atoms with Gasteiger partial charge in [0.25, 0.3) is 0 Å². The summed E-state index contributed by atoms with van der Waals surface area (Å²) in [5.74, 6) is 0.861. The maximum Gasteiger partial charge on any atom is 0.129 e. The van der Waals surface area contributed by atoms with Crippen molar-refractivity contribution in [1.29, 1.82) is 0 Å². The van der Waals surface area contributed by atoms with Gasteiger partial charge in [-0.2, -0.15) is 0 Å². The van der Waals surface area contributed by atoms with Crippen molar-refractivity contribution in [2.75, 3.05) is 19.1 Å². The standard InChI is InChI=1S/C18H18N2OS/c1-20(15-8-4-3-5-9-15)12-14-13-22-18(19-14)16-10-6-7-11-17(16)21-2/h3-11,13H,12H2,1-2H3. The fourth-order valence-electron chi connectivity index (χ4n) is 2.34. The van der Waals surface area contributed by atoms with Gasteiger partial charge in [-0.05, 0) is 24.3 Å². The highest BCUT2D eigenvalue weighted by atomic mass is 32.1. The molecule has 0 aliphatic carbocycles. The number of hydrogen-bond acceptors (Lipinski definition) is 4. The summed E-state index contributed by atoms with van der Waals surface area (Å²) in [7, 11) is 3.77. The van der Waals surface area contributed by atoms with E-state index in [1.807, 2.05) is 42.5 Å². The second-order valence-electron chi connectivity index (χ2n) is 5.04. The number of thiazole rings is 1. The molecule has 3 aromatic rings. The zero-order valence-electron chi connectivity index (χ0n) is 12.7. The topological polar surface area (TPSA) is 25.4 Å². The number of rotatable bonds is 5. The third-order valence-corrected chi connectivity index (χ3v) is 4.41. The second-order valence-corrected chi connectivity index (χ2v) is 5.89. The fourth-order valence-corrected chi connectivity index (χ4v) is 3.18. The molecular weight excluding hydrogens is 292 g/mol. The summed E-state index contributed by atoms with van der Waals surface area (Å²) >= 11 is 1.65. The zero-order valence-corrected chi connectivity index (χ0v) is 13.5. The van der Waals surface area contributed by atoms with Crippen LogP contribution in [0.25, 0.3) is 10.6 Å². The van der Waals surface area contributed by atoms with Crippen LogP contribution in [0.4, 0.5) is 5.69 Å². The maximum absolute atomic E-state index is 5.42. The van der Waals surface area contributed by atoms with Gasteiger partial charge in [0.15, 0.2) is 0 Å². The fraction of sp³-hybridized carbons (Fsp3) is 0.167. The molecule has 0 fully saturated rings. The molecule has 0 N–H and O–H groups in total. The third kappa shape index (κ3) is 3.12. The van der Waals surface area contributed by atoms with Crippen LogP contribution in [-0.4, -0.2) is 19.1 Å². The van der Waals surface area contributed by atoms with Gasteiger partial charge in [-0.25, -0.2) is 4.98 Å². The third-order valence-electron chi connectivity index (χ3n) is 3.49. The van der Waals surface area contributed by atoms with Crippen LogP contribution in [0, 0.1) is 0 Å².